The van der Waals surface area contributed by atoms with E-state index in [1.807, 2.05) is 37.3 Å². The van der Waals surface area contributed by atoms with Gasteiger partial charge >= 0.3 is 0 Å². The first-order valence-corrected chi connectivity index (χ1v) is 7.26. The fourth-order valence-electron chi connectivity index (χ4n) is 2.82. The van der Waals surface area contributed by atoms with Gasteiger partial charge in [0.2, 0.25) is 0 Å². The second-order valence-electron chi connectivity index (χ2n) is 5.44. The van der Waals surface area contributed by atoms with Gasteiger partial charge in [0.25, 0.3) is 0 Å². The van der Waals surface area contributed by atoms with Crippen molar-refractivity contribution in [3.05, 3.63) is 65.2 Å². The van der Waals surface area contributed by atoms with Crippen molar-refractivity contribution in [2.75, 3.05) is 0 Å². The van der Waals surface area contributed by atoms with Gasteiger partial charge in [0.05, 0.1) is 6.10 Å². The molecule has 0 saturated carbocycles. The van der Waals surface area contributed by atoms with Gasteiger partial charge in [-0.2, -0.15) is 0 Å². The Morgan fingerprint density at radius 1 is 1.15 bits per heavy atom. The van der Waals surface area contributed by atoms with Crippen LogP contribution in [0.2, 0.25) is 0 Å². The second-order valence-corrected chi connectivity index (χ2v) is 5.44. The molecule has 0 fully saturated rings. The van der Waals surface area contributed by atoms with Crippen LogP contribution in [0, 0.1) is 0 Å². The average Bonchev–Trinajstić information content (AvgIpc) is 2.49. The van der Waals surface area contributed by atoms with E-state index in [0.29, 0.717) is 0 Å². The van der Waals surface area contributed by atoms with Gasteiger partial charge in [0, 0.05) is 0 Å². The smallest absolute Gasteiger partial charge is 0.121 e. The maximum absolute atomic E-state index is 10.1. The number of rotatable bonds is 3. The van der Waals surface area contributed by atoms with E-state index in [9.17, 15) is 5.11 Å². The summed E-state index contributed by atoms with van der Waals surface area (Å²) < 4.78 is 6.00. The first kappa shape index (κ1) is 13.2. The molecule has 0 amide bonds. The Kier molecular flexibility index (Phi) is 3.75. The lowest BCUT2D eigenvalue weighted by Gasteiger charge is -2.23. The molecule has 2 aromatic rings. The number of hydrogen-bond donors (Lipinski definition) is 1. The molecular weight excluding hydrogens is 248 g/mol. The van der Waals surface area contributed by atoms with Crippen molar-refractivity contribution in [3.63, 3.8) is 0 Å². The topological polar surface area (TPSA) is 29.5 Å². The summed E-state index contributed by atoms with van der Waals surface area (Å²) >= 11 is 0. The Morgan fingerprint density at radius 2 is 1.95 bits per heavy atom. The molecule has 104 valence electrons. The SMILES string of the molecule is CC(Oc1ccc2c(c1)[C@H](O)CCC2)c1ccccc1. The monoisotopic (exact) mass is 268 g/mol. The molecule has 2 atom stereocenters. The summed E-state index contributed by atoms with van der Waals surface area (Å²) in [5, 5.41) is 10.1. The number of aryl methyl sites for hydroxylation is 1. The van der Waals surface area contributed by atoms with Crippen molar-refractivity contribution >= 4 is 0 Å². The van der Waals surface area contributed by atoms with E-state index in [2.05, 4.69) is 18.2 Å². The van der Waals surface area contributed by atoms with Crippen LogP contribution in [0.15, 0.2) is 48.5 Å². The maximum atomic E-state index is 10.1. The van der Waals surface area contributed by atoms with Crippen LogP contribution in [0.25, 0.3) is 0 Å². The summed E-state index contributed by atoms with van der Waals surface area (Å²) in [6.45, 7) is 2.05. The minimum absolute atomic E-state index is 0.00924. The van der Waals surface area contributed by atoms with Crippen LogP contribution in [-0.2, 0) is 6.42 Å². The molecule has 0 aliphatic heterocycles. The van der Waals surface area contributed by atoms with Crippen molar-refractivity contribution in [2.24, 2.45) is 0 Å². The summed E-state index contributed by atoms with van der Waals surface area (Å²) in [7, 11) is 0. The zero-order valence-corrected chi connectivity index (χ0v) is 11.8. The number of hydrogen-bond acceptors (Lipinski definition) is 2. The summed E-state index contributed by atoms with van der Waals surface area (Å²) in [5.41, 5.74) is 3.45. The predicted molar refractivity (Wildman–Crippen MR) is 79.8 cm³/mol. The minimum atomic E-state index is -0.339. The number of fused-ring (bicyclic) bond motifs is 1. The molecule has 2 aromatic carbocycles. The van der Waals surface area contributed by atoms with E-state index < -0.39 is 0 Å². The van der Waals surface area contributed by atoms with Crippen molar-refractivity contribution in [1.82, 2.24) is 0 Å². The van der Waals surface area contributed by atoms with Crippen LogP contribution in [0.3, 0.4) is 0 Å². The third-order valence-corrected chi connectivity index (χ3v) is 3.98. The summed E-state index contributed by atoms with van der Waals surface area (Å²) in [4.78, 5) is 0. The van der Waals surface area contributed by atoms with E-state index in [1.54, 1.807) is 0 Å². The van der Waals surface area contributed by atoms with Gasteiger partial charge in [-0.05, 0) is 55.0 Å². The van der Waals surface area contributed by atoms with E-state index >= 15 is 0 Å². The zero-order chi connectivity index (χ0) is 13.9. The summed E-state index contributed by atoms with van der Waals surface area (Å²) in [5.74, 6) is 0.834. The highest BCUT2D eigenvalue weighted by Crippen LogP contribution is 2.33. The molecule has 0 heterocycles. The molecule has 20 heavy (non-hydrogen) atoms. The van der Waals surface area contributed by atoms with Crippen LogP contribution in [-0.4, -0.2) is 5.11 Å². The minimum Gasteiger partial charge on any atom is -0.486 e. The van der Waals surface area contributed by atoms with Gasteiger partial charge in [0.15, 0.2) is 0 Å². The molecule has 0 aromatic heterocycles. The Morgan fingerprint density at radius 3 is 2.75 bits per heavy atom. The van der Waals surface area contributed by atoms with Gasteiger partial charge in [-0.1, -0.05) is 36.4 Å². The quantitative estimate of drug-likeness (QED) is 0.904. The standard InChI is InChI=1S/C18H20O2/c1-13(14-6-3-2-4-7-14)20-16-11-10-15-8-5-9-18(19)17(15)12-16/h2-4,6-7,10-13,18-19H,5,8-9H2,1H3/t13?,18-/m1/s1. The molecule has 0 radical (unpaired) electrons. The largest absolute Gasteiger partial charge is 0.486 e. The average molecular weight is 268 g/mol. The second kappa shape index (κ2) is 5.68. The Labute approximate surface area is 120 Å². The van der Waals surface area contributed by atoms with Crippen molar-refractivity contribution in [3.8, 4) is 5.75 Å². The molecule has 0 saturated heterocycles. The highest BCUT2D eigenvalue weighted by Gasteiger charge is 2.19. The number of benzene rings is 2. The fourth-order valence-corrected chi connectivity index (χ4v) is 2.82. The molecule has 1 unspecified atom stereocenters. The molecule has 1 aliphatic rings. The van der Waals surface area contributed by atoms with E-state index in [1.165, 1.54) is 5.56 Å². The molecule has 2 heteroatoms. The molecular formula is C18H20O2. The lowest BCUT2D eigenvalue weighted by molar-refractivity contribution is 0.155. The molecule has 2 nitrogen and oxygen atoms in total. The first-order chi connectivity index (χ1) is 9.74. The van der Waals surface area contributed by atoms with E-state index in [4.69, 9.17) is 4.74 Å². The number of aliphatic hydroxyl groups excluding tert-OH is 1. The molecule has 0 spiro atoms. The third-order valence-electron chi connectivity index (χ3n) is 3.98. The first-order valence-electron chi connectivity index (χ1n) is 7.26. The lowest BCUT2D eigenvalue weighted by Crippen LogP contribution is -2.10. The van der Waals surface area contributed by atoms with E-state index in [-0.39, 0.29) is 12.2 Å². The van der Waals surface area contributed by atoms with Gasteiger partial charge < -0.3 is 9.84 Å². The molecule has 0 bridgehead atoms. The molecule has 1 N–H and O–H groups in total. The van der Waals surface area contributed by atoms with Gasteiger partial charge in [-0.3, -0.25) is 0 Å². The Hall–Kier alpha value is -1.80. The van der Waals surface area contributed by atoms with Crippen LogP contribution >= 0.6 is 0 Å². The maximum Gasteiger partial charge on any atom is 0.121 e. The Bertz CT molecular complexity index is 577. The van der Waals surface area contributed by atoms with Crippen molar-refractivity contribution < 1.29 is 9.84 Å². The highest BCUT2D eigenvalue weighted by atomic mass is 16.5. The summed E-state index contributed by atoms with van der Waals surface area (Å²) in [6, 6.07) is 16.3. The Balaban J connectivity index is 1.80. The van der Waals surface area contributed by atoms with Crippen molar-refractivity contribution in [2.45, 2.75) is 38.4 Å². The van der Waals surface area contributed by atoms with Crippen LogP contribution in [0.1, 0.15) is 48.7 Å². The number of ether oxygens (including phenoxy) is 1. The predicted octanol–water partition coefficient (Wildman–Crippen LogP) is 4.20. The fraction of sp³-hybridized carbons (Fsp3) is 0.333. The van der Waals surface area contributed by atoms with Crippen molar-refractivity contribution in [1.29, 1.82) is 0 Å². The zero-order valence-electron chi connectivity index (χ0n) is 11.8. The van der Waals surface area contributed by atoms with E-state index in [0.717, 1.165) is 36.1 Å². The normalized spacial score (nSPS) is 19.2. The number of aliphatic hydroxyl groups is 1. The molecule has 1 aliphatic carbocycles. The van der Waals surface area contributed by atoms with Gasteiger partial charge in [-0.15, -0.1) is 0 Å². The summed E-state index contributed by atoms with van der Waals surface area (Å²) in [6.07, 6.45) is 2.64. The third kappa shape index (κ3) is 2.70. The van der Waals surface area contributed by atoms with Crippen LogP contribution in [0.5, 0.6) is 5.75 Å². The van der Waals surface area contributed by atoms with Crippen LogP contribution < -0.4 is 4.74 Å². The molecule has 3 rings (SSSR count). The van der Waals surface area contributed by atoms with Gasteiger partial charge in [-0.25, -0.2) is 0 Å². The lowest BCUT2D eigenvalue weighted by atomic mass is 9.89. The van der Waals surface area contributed by atoms with Crippen LogP contribution in [0.4, 0.5) is 0 Å². The highest BCUT2D eigenvalue weighted by molar-refractivity contribution is 5.38. The van der Waals surface area contributed by atoms with Gasteiger partial charge in [0.1, 0.15) is 11.9 Å².